The molecular formula is C24H32N2O4. The lowest BCUT2D eigenvalue weighted by Crippen LogP contribution is -2.51. The van der Waals surface area contributed by atoms with Crippen molar-refractivity contribution in [3.63, 3.8) is 0 Å². The molecule has 162 valence electrons. The Kier molecular flexibility index (Phi) is 6.46. The van der Waals surface area contributed by atoms with Crippen LogP contribution in [0.25, 0.3) is 0 Å². The maximum Gasteiger partial charge on any atom is 0.161 e. The number of aliphatic hydroxyl groups is 1. The third kappa shape index (κ3) is 4.00. The summed E-state index contributed by atoms with van der Waals surface area (Å²) in [6.45, 7) is 2.12. The van der Waals surface area contributed by atoms with Crippen molar-refractivity contribution in [3.8, 4) is 17.2 Å². The Morgan fingerprint density at radius 1 is 0.933 bits per heavy atom. The Morgan fingerprint density at radius 3 is 2.33 bits per heavy atom. The minimum atomic E-state index is 0.175. The van der Waals surface area contributed by atoms with Crippen molar-refractivity contribution in [2.45, 2.75) is 37.8 Å². The lowest BCUT2D eigenvalue weighted by atomic mass is 9.89. The maximum absolute atomic E-state index is 9.93. The molecule has 30 heavy (non-hydrogen) atoms. The number of hydrogen-bond acceptors (Lipinski definition) is 6. The van der Waals surface area contributed by atoms with E-state index >= 15 is 0 Å². The maximum atomic E-state index is 9.93. The zero-order valence-electron chi connectivity index (χ0n) is 18.1. The minimum Gasteiger partial charge on any atom is -0.497 e. The molecule has 0 aliphatic carbocycles. The molecule has 2 heterocycles. The molecule has 2 aliphatic heterocycles. The van der Waals surface area contributed by atoms with Gasteiger partial charge in [-0.15, -0.1) is 0 Å². The smallest absolute Gasteiger partial charge is 0.161 e. The molecule has 0 radical (unpaired) electrons. The van der Waals surface area contributed by atoms with Crippen LogP contribution in [0.3, 0.4) is 0 Å². The van der Waals surface area contributed by atoms with Crippen LogP contribution in [0.5, 0.6) is 17.2 Å². The highest BCUT2D eigenvalue weighted by Crippen LogP contribution is 2.41. The average molecular weight is 413 g/mol. The van der Waals surface area contributed by atoms with E-state index in [-0.39, 0.29) is 18.7 Å². The number of rotatable bonds is 7. The van der Waals surface area contributed by atoms with Gasteiger partial charge in [0.1, 0.15) is 5.75 Å². The van der Waals surface area contributed by atoms with Crippen LogP contribution in [0, 0.1) is 0 Å². The molecule has 1 fully saturated rings. The van der Waals surface area contributed by atoms with E-state index < -0.39 is 0 Å². The minimum absolute atomic E-state index is 0.175. The molecule has 2 aromatic rings. The number of nitrogens with zero attached hydrogens (tertiary/aromatic N) is 2. The summed E-state index contributed by atoms with van der Waals surface area (Å²) in [6.07, 6.45) is 3.99. The van der Waals surface area contributed by atoms with E-state index in [0.29, 0.717) is 0 Å². The fourth-order valence-corrected chi connectivity index (χ4v) is 4.87. The van der Waals surface area contributed by atoms with E-state index in [4.69, 9.17) is 14.2 Å². The highest BCUT2D eigenvalue weighted by molar-refractivity contribution is 5.50. The summed E-state index contributed by atoms with van der Waals surface area (Å²) in [5.41, 5.74) is 3.84. The van der Waals surface area contributed by atoms with Gasteiger partial charge in [-0.05, 0) is 66.6 Å². The molecule has 1 saturated heterocycles. The Hall–Kier alpha value is -2.28. The Balaban J connectivity index is 1.72. The van der Waals surface area contributed by atoms with Crippen LogP contribution in [0.15, 0.2) is 36.4 Å². The molecule has 0 amide bonds. The lowest BCUT2D eigenvalue weighted by Gasteiger charge is -2.45. The predicted octanol–water partition coefficient (Wildman–Crippen LogP) is 3.23. The fourth-order valence-electron chi connectivity index (χ4n) is 4.87. The van der Waals surface area contributed by atoms with Crippen LogP contribution < -0.4 is 14.2 Å². The van der Waals surface area contributed by atoms with E-state index in [0.717, 1.165) is 56.0 Å². The molecular weight excluding hydrogens is 380 g/mol. The van der Waals surface area contributed by atoms with Gasteiger partial charge < -0.3 is 19.3 Å². The fraction of sp³-hybridized carbons (Fsp3) is 0.500. The SMILES string of the molecule is COc1ccc(C[C@H]2c3cc(OC)c(OC)cc3CCN2N2CCC[C@H]2CO)cc1. The number of hydrogen-bond donors (Lipinski definition) is 1. The van der Waals surface area contributed by atoms with Crippen molar-refractivity contribution in [1.29, 1.82) is 0 Å². The number of ether oxygens (including phenoxy) is 3. The summed E-state index contributed by atoms with van der Waals surface area (Å²) in [5, 5.41) is 14.8. The third-order valence-corrected chi connectivity index (χ3v) is 6.45. The molecule has 0 saturated carbocycles. The first-order chi connectivity index (χ1) is 14.7. The first kappa shape index (κ1) is 21.0. The highest BCUT2D eigenvalue weighted by atomic mass is 16.5. The van der Waals surface area contributed by atoms with Gasteiger partial charge in [-0.3, -0.25) is 0 Å². The van der Waals surface area contributed by atoms with Gasteiger partial charge in [0.25, 0.3) is 0 Å². The van der Waals surface area contributed by atoms with Gasteiger partial charge in [0.05, 0.1) is 34.0 Å². The second-order valence-electron chi connectivity index (χ2n) is 8.03. The quantitative estimate of drug-likeness (QED) is 0.754. The van der Waals surface area contributed by atoms with E-state index in [1.807, 2.05) is 12.1 Å². The molecule has 0 aromatic heterocycles. The van der Waals surface area contributed by atoms with Gasteiger partial charge in [0.15, 0.2) is 11.5 Å². The summed E-state index contributed by atoms with van der Waals surface area (Å²) >= 11 is 0. The van der Waals surface area contributed by atoms with Crippen LogP contribution in [0.2, 0.25) is 0 Å². The third-order valence-electron chi connectivity index (χ3n) is 6.45. The van der Waals surface area contributed by atoms with E-state index in [1.165, 1.54) is 16.7 Å². The van der Waals surface area contributed by atoms with Crippen molar-refractivity contribution in [3.05, 3.63) is 53.1 Å². The lowest BCUT2D eigenvalue weighted by molar-refractivity contribution is -0.0877. The summed E-state index contributed by atoms with van der Waals surface area (Å²) < 4.78 is 16.5. The molecule has 2 aliphatic rings. The van der Waals surface area contributed by atoms with Crippen molar-refractivity contribution in [1.82, 2.24) is 10.0 Å². The van der Waals surface area contributed by atoms with E-state index in [1.54, 1.807) is 21.3 Å². The normalized spacial score (nSPS) is 22.0. The molecule has 2 aromatic carbocycles. The summed E-state index contributed by atoms with van der Waals surface area (Å²) in [5.74, 6) is 2.41. The van der Waals surface area contributed by atoms with E-state index in [9.17, 15) is 5.11 Å². The predicted molar refractivity (Wildman–Crippen MR) is 116 cm³/mol. The number of benzene rings is 2. The van der Waals surface area contributed by atoms with Gasteiger partial charge >= 0.3 is 0 Å². The summed E-state index contributed by atoms with van der Waals surface area (Å²) in [4.78, 5) is 0. The van der Waals surface area contributed by atoms with Gasteiger partial charge in [0.2, 0.25) is 0 Å². The van der Waals surface area contributed by atoms with Crippen LogP contribution >= 0.6 is 0 Å². The van der Waals surface area contributed by atoms with Crippen molar-refractivity contribution in [2.24, 2.45) is 0 Å². The van der Waals surface area contributed by atoms with Crippen molar-refractivity contribution in [2.75, 3.05) is 41.0 Å². The monoisotopic (exact) mass is 412 g/mol. The second kappa shape index (κ2) is 9.25. The standard InChI is InChI=1S/C24H32N2O4/c1-28-20-8-6-17(7-9-20)13-22-21-15-24(30-3)23(29-2)14-18(21)10-12-26(22)25-11-4-5-19(25)16-27/h6-9,14-15,19,22,27H,4-5,10-13,16H2,1-3H3/t19-,22-/m0/s1. The molecule has 4 rings (SSSR count). The van der Waals surface area contributed by atoms with Crippen LogP contribution in [0.4, 0.5) is 0 Å². The van der Waals surface area contributed by atoms with Crippen molar-refractivity contribution >= 4 is 0 Å². The highest BCUT2D eigenvalue weighted by Gasteiger charge is 2.37. The largest absolute Gasteiger partial charge is 0.497 e. The molecule has 0 unspecified atom stereocenters. The van der Waals surface area contributed by atoms with Crippen molar-refractivity contribution < 1.29 is 19.3 Å². The summed E-state index contributed by atoms with van der Waals surface area (Å²) in [7, 11) is 5.06. The molecule has 6 heteroatoms. The molecule has 6 nitrogen and oxygen atoms in total. The number of fused-ring (bicyclic) bond motifs is 1. The van der Waals surface area contributed by atoms with Crippen LogP contribution in [-0.4, -0.2) is 62.2 Å². The Bertz CT molecular complexity index is 855. The number of hydrazine groups is 1. The average Bonchev–Trinajstić information content (AvgIpc) is 3.27. The first-order valence-electron chi connectivity index (χ1n) is 10.7. The van der Waals surface area contributed by atoms with Crippen LogP contribution in [-0.2, 0) is 12.8 Å². The van der Waals surface area contributed by atoms with Gasteiger partial charge in [0, 0.05) is 19.1 Å². The molecule has 1 N–H and O–H groups in total. The Labute approximate surface area is 178 Å². The summed E-state index contributed by atoms with van der Waals surface area (Å²) in [6, 6.07) is 13.0. The van der Waals surface area contributed by atoms with Gasteiger partial charge in [-0.2, -0.15) is 0 Å². The number of aliphatic hydroxyl groups excluding tert-OH is 1. The topological polar surface area (TPSA) is 54.4 Å². The zero-order chi connectivity index (χ0) is 21.1. The second-order valence-corrected chi connectivity index (χ2v) is 8.03. The molecule has 0 bridgehead atoms. The molecule has 0 spiro atoms. The molecule has 2 atom stereocenters. The number of methoxy groups -OCH3 is 3. The van der Waals surface area contributed by atoms with Gasteiger partial charge in [-0.1, -0.05) is 12.1 Å². The van der Waals surface area contributed by atoms with Crippen LogP contribution in [0.1, 0.15) is 35.6 Å². The zero-order valence-corrected chi connectivity index (χ0v) is 18.1. The Morgan fingerprint density at radius 2 is 1.67 bits per heavy atom. The van der Waals surface area contributed by atoms with Gasteiger partial charge in [-0.25, -0.2) is 10.0 Å². The van der Waals surface area contributed by atoms with E-state index in [2.05, 4.69) is 34.3 Å². The first-order valence-corrected chi connectivity index (χ1v) is 10.7.